The van der Waals surface area contributed by atoms with Gasteiger partial charge in [-0.15, -0.1) is 0 Å². The Morgan fingerprint density at radius 3 is 2.57 bits per heavy atom. The minimum atomic E-state index is -0.337. The van der Waals surface area contributed by atoms with Crippen LogP contribution >= 0.6 is 15.9 Å². The molecule has 0 aliphatic carbocycles. The molecular weight excluding hydrogens is 356 g/mol. The number of benzene rings is 2. The van der Waals surface area contributed by atoms with Crippen molar-refractivity contribution in [2.24, 2.45) is 5.92 Å². The third kappa shape index (κ3) is 3.45. The second kappa shape index (κ2) is 6.54. The maximum absolute atomic E-state index is 12.4. The molecule has 0 spiro atoms. The molecule has 1 unspecified atom stereocenters. The maximum Gasteiger partial charge on any atom is 0.229 e. The van der Waals surface area contributed by atoms with Crippen LogP contribution in [0.25, 0.3) is 0 Å². The number of halogens is 1. The normalized spacial score (nSPS) is 17.4. The van der Waals surface area contributed by atoms with Crippen molar-refractivity contribution in [2.45, 2.75) is 13.3 Å². The second-order valence-electron chi connectivity index (χ2n) is 5.71. The van der Waals surface area contributed by atoms with Crippen LogP contribution in [0, 0.1) is 12.8 Å². The molecule has 1 saturated heterocycles. The first-order chi connectivity index (χ1) is 11.0. The topological polar surface area (TPSA) is 49.4 Å². The number of aryl methyl sites for hydroxylation is 1. The lowest BCUT2D eigenvalue weighted by Gasteiger charge is -2.17. The molecule has 1 aliphatic heterocycles. The summed E-state index contributed by atoms with van der Waals surface area (Å²) in [5.41, 5.74) is 2.71. The molecule has 1 fully saturated rings. The number of carbonyl (C=O) groups excluding carboxylic acids is 2. The lowest BCUT2D eigenvalue weighted by molar-refractivity contribution is -0.122. The van der Waals surface area contributed by atoms with Gasteiger partial charge in [-0.05, 0) is 47.1 Å². The summed E-state index contributed by atoms with van der Waals surface area (Å²) in [7, 11) is 0. The smallest absolute Gasteiger partial charge is 0.229 e. The Labute approximate surface area is 143 Å². The number of nitrogens with one attached hydrogen (secondary N) is 1. The number of hydrogen-bond donors (Lipinski definition) is 1. The minimum absolute atomic E-state index is 0.0128. The molecule has 1 aliphatic rings. The molecule has 118 valence electrons. The van der Waals surface area contributed by atoms with Crippen molar-refractivity contribution in [1.29, 1.82) is 0 Å². The van der Waals surface area contributed by atoms with Gasteiger partial charge in [0.25, 0.3) is 0 Å². The molecule has 2 aromatic carbocycles. The SMILES string of the molecule is Cc1ccc(N2CC(C(=O)Nc3ccccc3Br)CC2=O)cc1. The minimum Gasteiger partial charge on any atom is -0.325 e. The molecule has 2 aromatic rings. The third-order valence-electron chi connectivity index (χ3n) is 3.97. The van der Waals surface area contributed by atoms with E-state index >= 15 is 0 Å². The average Bonchev–Trinajstić information content (AvgIpc) is 2.92. The van der Waals surface area contributed by atoms with Crippen LogP contribution in [0.3, 0.4) is 0 Å². The number of hydrogen-bond acceptors (Lipinski definition) is 2. The summed E-state index contributed by atoms with van der Waals surface area (Å²) in [4.78, 5) is 26.3. The number of carbonyl (C=O) groups is 2. The lowest BCUT2D eigenvalue weighted by Crippen LogP contribution is -2.28. The molecule has 3 rings (SSSR count). The molecule has 5 heteroatoms. The molecule has 0 radical (unpaired) electrons. The van der Waals surface area contributed by atoms with E-state index in [1.165, 1.54) is 0 Å². The van der Waals surface area contributed by atoms with Crippen molar-refractivity contribution in [2.75, 3.05) is 16.8 Å². The van der Waals surface area contributed by atoms with Crippen molar-refractivity contribution in [1.82, 2.24) is 0 Å². The summed E-state index contributed by atoms with van der Waals surface area (Å²) >= 11 is 3.41. The molecule has 1 N–H and O–H groups in total. The van der Waals surface area contributed by atoms with Crippen molar-refractivity contribution in [3.05, 3.63) is 58.6 Å². The standard InChI is InChI=1S/C18H17BrN2O2/c1-12-6-8-14(9-7-12)21-11-13(10-17(21)22)18(23)20-16-5-3-2-4-15(16)19/h2-9,13H,10-11H2,1H3,(H,20,23). The van der Waals surface area contributed by atoms with Crippen molar-refractivity contribution in [3.8, 4) is 0 Å². The van der Waals surface area contributed by atoms with E-state index in [0.717, 1.165) is 21.4 Å². The van der Waals surface area contributed by atoms with Crippen LogP contribution in [0.15, 0.2) is 53.0 Å². The van der Waals surface area contributed by atoms with Gasteiger partial charge in [0.05, 0.1) is 11.6 Å². The van der Waals surface area contributed by atoms with E-state index in [9.17, 15) is 9.59 Å². The molecule has 0 saturated carbocycles. The van der Waals surface area contributed by atoms with Gasteiger partial charge in [-0.2, -0.15) is 0 Å². The van der Waals surface area contributed by atoms with Crippen molar-refractivity contribution in [3.63, 3.8) is 0 Å². The molecular formula is C18H17BrN2O2. The first kappa shape index (κ1) is 15.7. The van der Waals surface area contributed by atoms with Gasteiger partial charge in [0.15, 0.2) is 0 Å². The fourth-order valence-electron chi connectivity index (χ4n) is 2.65. The van der Waals surface area contributed by atoms with Gasteiger partial charge in [0.1, 0.15) is 0 Å². The highest BCUT2D eigenvalue weighted by atomic mass is 79.9. The monoisotopic (exact) mass is 372 g/mol. The largest absolute Gasteiger partial charge is 0.325 e. The summed E-state index contributed by atoms with van der Waals surface area (Å²) < 4.78 is 0.827. The molecule has 23 heavy (non-hydrogen) atoms. The highest BCUT2D eigenvalue weighted by molar-refractivity contribution is 9.10. The summed E-state index contributed by atoms with van der Waals surface area (Å²) in [6.45, 7) is 2.42. The molecule has 0 aromatic heterocycles. The number of amides is 2. The van der Waals surface area contributed by atoms with Gasteiger partial charge >= 0.3 is 0 Å². The zero-order valence-electron chi connectivity index (χ0n) is 12.8. The summed E-state index contributed by atoms with van der Waals surface area (Å²) in [5.74, 6) is -0.475. The Kier molecular flexibility index (Phi) is 4.48. The van der Waals surface area contributed by atoms with E-state index in [4.69, 9.17) is 0 Å². The van der Waals surface area contributed by atoms with E-state index in [0.29, 0.717) is 6.54 Å². The van der Waals surface area contributed by atoms with E-state index in [-0.39, 0.29) is 24.2 Å². The number of anilines is 2. The van der Waals surface area contributed by atoms with E-state index < -0.39 is 0 Å². The summed E-state index contributed by atoms with van der Waals surface area (Å²) in [6.07, 6.45) is 0.240. The van der Waals surface area contributed by atoms with Gasteiger partial charge in [-0.25, -0.2) is 0 Å². The second-order valence-corrected chi connectivity index (χ2v) is 6.56. The van der Waals surface area contributed by atoms with Crippen LogP contribution in [0.2, 0.25) is 0 Å². The number of rotatable bonds is 3. The lowest BCUT2D eigenvalue weighted by atomic mass is 10.1. The summed E-state index contributed by atoms with van der Waals surface area (Å²) in [5, 5.41) is 2.89. The van der Waals surface area contributed by atoms with E-state index in [1.54, 1.807) is 4.90 Å². The highest BCUT2D eigenvalue weighted by Crippen LogP contribution is 2.27. The highest BCUT2D eigenvalue weighted by Gasteiger charge is 2.35. The Morgan fingerprint density at radius 1 is 1.17 bits per heavy atom. The maximum atomic E-state index is 12.4. The van der Waals surface area contributed by atoms with E-state index in [1.807, 2.05) is 55.5 Å². The van der Waals surface area contributed by atoms with Gasteiger partial charge in [-0.3, -0.25) is 9.59 Å². The van der Waals surface area contributed by atoms with Crippen LogP contribution < -0.4 is 10.2 Å². The Bertz CT molecular complexity index is 743. The molecule has 1 heterocycles. The van der Waals surface area contributed by atoms with Gasteiger partial charge in [-0.1, -0.05) is 29.8 Å². The summed E-state index contributed by atoms with van der Waals surface area (Å²) in [6, 6.07) is 15.2. The fourth-order valence-corrected chi connectivity index (χ4v) is 3.04. The van der Waals surface area contributed by atoms with Crippen LogP contribution in [0.1, 0.15) is 12.0 Å². The first-order valence-corrected chi connectivity index (χ1v) is 8.26. The Hall–Kier alpha value is -2.14. The van der Waals surface area contributed by atoms with Crippen LogP contribution in [0.5, 0.6) is 0 Å². The zero-order valence-corrected chi connectivity index (χ0v) is 14.3. The van der Waals surface area contributed by atoms with Crippen LogP contribution in [0.4, 0.5) is 11.4 Å². The predicted octanol–water partition coefficient (Wildman–Crippen LogP) is 3.75. The third-order valence-corrected chi connectivity index (χ3v) is 4.66. The fraction of sp³-hybridized carbons (Fsp3) is 0.222. The van der Waals surface area contributed by atoms with Gasteiger partial charge in [0, 0.05) is 23.1 Å². The van der Waals surface area contributed by atoms with Crippen molar-refractivity contribution < 1.29 is 9.59 Å². The predicted molar refractivity (Wildman–Crippen MR) is 94.4 cm³/mol. The van der Waals surface area contributed by atoms with E-state index in [2.05, 4.69) is 21.2 Å². The molecule has 4 nitrogen and oxygen atoms in total. The molecule has 2 amide bonds. The van der Waals surface area contributed by atoms with Gasteiger partial charge < -0.3 is 10.2 Å². The Balaban J connectivity index is 1.71. The van der Waals surface area contributed by atoms with Crippen LogP contribution in [-0.4, -0.2) is 18.4 Å². The van der Waals surface area contributed by atoms with Gasteiger partial charge in [0.2, 0.25) is 11.8 Å². The quantitative estimate of drug-likeness (QED) is 0.891. The molecule has 0 bridgehead atoms. The number of para-hydroxylation sites is 1. The first-order valence-electron chi connectivity index (χ1n) is 7.47. The average molecular weight is 373 g/mol. The number of nitrogens with zero attached hydrogens (tertiary/aromatic N) is 1. The van der Waals surface area contributed by atoms with Crippen LogP contribution in [-0.2, 0) is 9.59 Å². The van der Waals surface area contributed by atoms with Crippen molar-refractivity contribution >= 4 is 39.1 Å². The molecule has 1 atom stereocenters. The zero-order chi connectivity index (χ0) is 16.4. The Morgan fingerprint density at radius 2 is 1.87 bits per heavy atom.